The van der Waals surface area contributed by atoms with Gasteiger partial charge < -0.3 is 4.42 Å². The van der Waals surface area contributed by atoms with Crippen molar-refractivity contribution in [2.75, 3.05) is 0 Å². The van der Waals surface area contributed by atoms with E-state index in [1.54, 1.807) is 0 Å². The summed E-state index contributed by atoms with van der Waals surface area (Å²) < 4.78 is 5.20. The molecule has 1 heterocycles. The summed E-state index contributed by atoms with van der Waals surface area (Å²) in [5.74, 6) is 0.612. The van der Waals surface area contributed by atoms with E-state index in [9.17, 15) is 4.79 Å². The van der Waals surface area contributed by atoms with E-state index in [1.807, 2.05) is 26.0 Å². The molecule has 0 saturated carbocycles. The van der Waals surface area contributed by atoms with Gasteiger partial charge in [-0.15, -0.1) is 0 Å². The minimum Gasteiger partial charge on any atom is -0.423 e. The third kappa shape index (κ3) is 4.09. The second kappa shape index (κ2) is 6.51. The monoisotopic (exact) mass is 298 g/mol. The zero-order valence-electron chi connectivity index (χ0n) is 14.3. The summed E-state index contributed by atoms with van der Waals surface area (Å²) in [4.78, 5) is 11.4. The molecule has 2 rings (SSSR count). The number of aryl methyl sites for hydroxylation is 1. The Kier molecular flexibility index (Phi) is 4.90. The van der Waals surface area contributed by atoms with Crippen LogP contribution < -0.4 is 5.63 Å². The quantitative estimate of drug-likeness (QED) is 0.696. The lowest BCUT2D eigenvalue weighted by atomic mass is 9.72. The molecular weight excluding hydrogens is 272 g/mol. The Labute approximate surface area is 133 Å². The zero-order valence-corrected chi connectivity index (χ0v) is 14.3. The van der Waals surface area contributed by atoms with Gasteiger partial charge >= 0.3 is 5.63 Å². The first-order valence-corrected chi connectivity index (χ1v) is 7.96. The molecule has 2 nitrogen and oxygen atoms in total. The summed E-state index contributed by atoms with van der Waals surface area (Å²) >= 11 is 0. The van der Waals surface area contributed by atoms with Crippen molar-refractivity contribution < 1.29 is 4.42 Å². The van der Waals surface area contributed by atoms with E-state index in [-0.39, 0.29) is 11.0 Å². The Morgan fingerprint density at radius 1 is 1.27 bits per heavy atom. The molecular formula is C20H26O2. The minimum absolute atomic E-state index is 0.245. The second-order valence-corrected chi connectivity index (χ2v) is 7.01. The van der Waals surface area contributed by atoms with Gasteiger partial charge in [-0.25, -0.2) is 4.79 Å². The molecule has 0 atom stereocenters. The molecule has 1 aromatic heterocycles. The van der Waals surface area contributed by atoms with Crippen molar-refractivity contribution in [2.45, 2.75) is 53.9 Å². The van der Waals surface area contributed by atoms with Crippen LogP contribution in [-0.2, 0) is 0 Å². The van der Waals surface area contributed by atoms with Gasteiger partial charge in [-0.3, -0.25) is 0 Å². The lowest BCUT2D eigenvalue weighted by Gasteiger charge is -2.32. The highest BCUT2D eigenvalue weighted by molar-refractivity contribution is 5.52. The van der Waals surface area contributed by atoms with Crippen molar-refractivity contribution in [3.05, 3.63) is 62.7 Å². The van der Waals surface area contributed by atoms with Crippen LogP contribution >= 0.6 is 0 Å². The molecule has 118 valence electrons. The SMILES string of the molecule is CC1=C(/C=C\C(C)=C/c2cc(C)cc(=O)o2)C(C)(C)CCC1. The molecule has 2 heteroatoms. The third-order valence-corrected chi connectivity index (χ3v) is 4.36. The van der Waals surface area contributed by atoms with Gasteiger partial charge in [-0.1, -0.05) is 31.6 Å². The highest BCUT2D eigenvalue weighted by Crippen LogP contribution is 2.40. The molecule has 0 amide bonds. The largest absolute Gasteiger partial charge is 0.423 e. The molecule has 1 aliphatic rings. The molecule has 22 heavy (non-hydrogen) atoms. The molecule has 0 saturated heterocycles. The fraction of sp³-hybridized carbons (Fsp3) is 0.450. The fourth-order valence-electron chi connectivity index (χ4n) is 3.20. The number of allylic oxidation sites excluding steroid dienone is 5. The van der Waals surface area contributed by atoms with E-state index < -0.39 is 0 Å². The zero-order chi connectivity index (χ0) is 16.3. The highest BCUT2D eigenvalue weighted by atomic mass is 16.4. The number of rotatable bonds is 3. The summed E-state index contributed by atoms with van der Waals surface area (Å²) in [6.07, 6.45) is 9.97. The molecule has 0 radical (unpaired) electrons. The van der Waals surface area contributed by atoms with E-state index in [4.69, 9.17) is 4.42 Å². The van der Waals surface area contributed by atoms with Crippen molar-refractivity contribution in [2.24, 2.45) is 5.41 Å². The molecule has 0 aliphatic heterocycles. The molecule has 0 fully saturated rings. The first kappa shape index (κ1) is 16.5. The number of hydrogen-bond donors (Lipinski definition) is 0. The van der Waals surface area contributed by atoms with Gasteiger partial charge in [0.15, 0.2) is 0 Å². The van der Waals surface area contributed by atoms with Crippen LogP contribution in [0, 0.1) is 12.3 Å². The fourth-order valence-corrected chi connectivity index (χ4v) is 3.20. The van der Waals surface area contributed by atoms with Crippen molar-refractivity contribution >= 4 is 6.08 Å². The maximum Gasteiger partial charge on any atom is 0.336 e. The van der Waals surface area contributed by atoms with Gasteiger partial charge in [0.2, 0.25) is 0 Å². The summed E-state index contributed by atoms with van der Waals surface area (Å²) in [7, 11) is 0. The smallest absolute Gasteiger partial charge is 0.336 e. The Morgan fingerprint density at radius 3 is 2.64 bits per heavy atom. The normalized spacial score (nSPS) is 19.0. The molecule has 1 aliphatic carbocycles. The average molecular weight is 298 g/mol. The standard InChI is InChI=1S/C20H26O2/c1-14(11-17-12-15(2)13-19(21)22-17)8-9-18-16(3)7-6-10-20(18,4)5/h8-9,11-13H,6-7,10H2,1-5H3/b9-8-,14-11-. The van der Waals surface area contributed by atoms with Crippen molar-refractivity contribution in [1.82, 2.24) is 0 Å². The molecule has 0 unspecified atom stereocenters. The van der Waals surface area contributed by atoms with Gasteiger partial charge in [0.25, 0.3) is 0 Å². The van der Waals surface area contributed by atoms with Crippen LogP contribution in [0.4, 0.5) is 0 Å². The predicted molar refractivity (Wildman–Crippen MR) is 92.8 cm³/mol. The van der Waals surface area contributed by atoms with E-state index in [1.165, 1.54) is 36.5 Å². The van der Waals surface area contributed by atoms with Crippen LogP contribution in [0.3, 0.4) is 0 Å². The van der Waals surface area contributed by atoms with Crippen LogP contribution in [0.15, 0.2) is 50.2 Å². The van der Waals surface area contributed by atoms with Gasteiger partial charge in [0.1, 0.15) is 5.76 Å². The topological polar surface area (TPSA) is 30.2 Å². The van der Waals surface area contributed by atoms with Gasteiger partial charge in [-0.2, -0.15) is 0 Å². The third-order valence-electron chi connectivity index (χ3n) is 4.36. The van der Waals surface area contributed by atoms with Gasteiger partial charge in [0.05, 0.1) is 0 Å². The van der Waals surface area contributed by atoms with Crippen LogP contribution in [0.25, 0.3) is 6.08 Å². The van der Waals surface area contributed by atoms with Gasteiger partial charge in [-0.05, 0) is 74.3 Å². The lowest BCUT2D eigenvalue weighted by Crippen LogP contribution is -2.19. The van der Waals surface area contributed by atoms with Gasteiger partial charge in [0, 0.05) is 6.07 Å². The molecule has 1 aromatic rings. The lowest BCUT2D eigenvalue weighted by molar-refractivity contribution is 0.377. The summed E-state index contributed by atoms with van der Waals surface area (Å²) in [6, 6.07) is 3.38. The maximum atomic E-state index is 11.4. The molecule has 0 aromatic carbocycles. The second-order valence-electron chi connectivity index (χ2n) is 7.01. The Bertz CT molecular complexity index is 697. The summed E-state index contributed by atoms with van der Waals surface area (Å²) in [5, 5.41) is 0. The molecule has 0 bridgehead atoms. The van der Waals surface area contributed by atoms with Crippen LogP contribution in [0.1, 0.15) is 58.3 Å². The molecule has 0 spiro atoms. The predicted octanol–water partition coefficient (Wildman–Crippen LogP) is 5.43. The number of hydrogen-bond acceptors (Lipinski definition) is 2. The first-order chi connectivity index (χ1) is 10.3. The summed E-state index contributed by atoms with van der Waals surface area (Å²) in [5.41, 5.74) is 4.88. The average Bonchev–Trinajstić information content (AvgIpc) is 2.35. The first-order valence-electron chi connectivity index (χ1n) is 7.96. The summed E-state index contributed by atoms with van der Waals surface area (Å²) in [6.45, 7) is 10.8. The van der Waals surface area contributed by atoms with Crippen LogP contribution in [0.2, 0.25) is 0 Å². The van der Waals surface area contributed by atoms with Crippen molar-refractivity contribution in [1.29, 1.82) is 0 Å². The Morgan fingerprint density at radius 2 is 2.00 bits per heavy atom. The maximum absolute atomic E-state index is 11.4. The van der Waals surface area contributed by atoms with Crippen LogP contribution in [0.5, 0.6) is 0 Å². The highest BCUT2D eigenvalue weighted by Gasteiger charge is 2.26. The Balaban J connectivity index is 2.25. The van der Waals surface area contributed by atoms with Crippen LogP contribution in [-0.4, -0.2) is 0 Å². The molecule has 0 N–H and O–H groups in total. The minimum atomic E-state index is -0.296. The van der Waals surface area contributed by atoms with E-state index in [0.29, 0.717) is 5.76 Å². The van der Waals surface area contributed by atoms with E-state index in [0.717, 1.165) is 11.1 Å². The van der Waals surface area contributed by atoms with Crippen molar-refractivity contribution in [3.8, 4) is 0 Å². The van der Waals surface area contributed by atoms with E-state index in [2.05, 4.69) is 32.9 Å². The van der Waals surface area contributed by atoms with E-state index >= 15 is 0 Å². The van der Waals surface area contributed by atoms with Crippen molar-refractivity contribution in [3.63, 3.8) is 0 Å². The Hall–Kier alpha value is -1.83.